The molecule has 3 rings (SSSR count). The number of carbonyl (C=O) groups excluding carboxylic acids is 2. The van der Waals surface area contributed by atoms with Crippen LogP contribution >= 0.6 is 12.4 Å². The van der Waals surface area contributed by atoms with Crippen molar-refractivity contribution in [2.24, 2.45) is 11.7 Å². The van der Waals surface area contributed by atoms with Gasteiger partial charge in [-0.3, -0.25) is 9.59 Å². The number of hydrogen-bond acceptors (Lipinski definition) is 4. The van der Waals surface area contributed by atoms with Gasteiger partial charge in [0.25, 0.3) is 5.91 Å². The molecule has 120 valence electrons. The summed E-state index contributed by atoms with van der Waals surface area (Å²) in [5, 5.41) is 5.64. The summed E-state index contributed by atoms with van der Waals surface area (Å²) in [6.45, 7) is 1.69. The highest BCUT2D eigenvalue weighted by Crippen LogP contribution is 2.33. The summed E-state index contributed by atoms with van der Waals surface area (Å²) in [6.07, 6.45) is 1.95. The molecule has 7 heteroatoms. The predicted octanol–water partition coefficient (Wildman–Crippen LogP) is 1.89. The van der Waals surface area contributed by atoms with Gasteiger partial charge in [-0.15, -0.1) is 12.4 Å². The van der Waals surface area contributed by atoms with Crippen LogP contribution in [0.15, 0.2) is 18.2 Å². The molecule has 0 bridgehead atoms. The molecule has 1 aromatic rings. The van der Waals surface area contributed by atoms with E-state index in [2.05, 4.69) is 10.6 Å². The van der Waals surface area contributed by atoms with Gasteiger partial charge < -0.3 is 21.1 Å². The lowest BCUT2D eigenvalue weighted by molar-refractivity contribution is -0.122. The minimum atomic E-state index is -0.502. The molecular formula is C15H20ClN3O3. The summed E-state index contributed by atoms with van der Waals surface area (Å²) in [5.41, 5.74) is 7.06. The van der Waals surface area contributed by atoms with E-state index >= 15 is 0 Å². The first-order valence-electron chi connectivity index (χ1n) is 7.21. The van der Waals surface area contributed by atoms with Gasteiger partial charge in [-0.2, -0.15) is 0 Å². The van der Waals surface area contributed by atoms with E-state index in [4.69, 9.17) is 10.5 Å². The molecule has 1 aliphatic carbocycles. The zero-order valence-corrected chi connectivity index (χ0v) is 13.1. The Morgan fingerprint density at radius 1 is 1.41 bits per heavy atom. The molecule has 2 aliphatic rings. The minimum absolute atomic E-state index is 0. The molecule has 0 radical (unpaired) electrons. The minimum Gasteiger partial charge on any atom is -0.479 e. The van der Waals surface area contributed by atoms with Crippen molar-refractivity contribution in [3.8, 4) is 5.75 Å². The lowest BCUT2D eigenvalue weighted by Gasteiger charge is -2.23. The molecule has 1 heterocycles. The standard InChI is InChI=1S/C15H19N3O3.ClH/c1-8-14(19)18-12-7-11(4-5-13(12)21-8)17-15(20)9-2-3-10(16)6-9;/h4-5,7-10H,2-3,6,16H2,1H3,(H,17,20)(H,18,19);1H. The molecule has 4 N–H and O–H groups in total. The largest absolute Gasteiger partial charge is 0.479 e. The Balaban J connectivity index is 0.00000176. The van der Waals surface area contributed by atoms with E-state index in [1.807, 2.05) is 0 Å². The number of carbonyl (C=O) groups is 2. The third kappa shape index (κ3) is 3.34. The number of halogens is 1. The summed E-state index contributed by atoms with van der Waals surface area (Å²) in [4.78, 5) is 23.8. The summed E-state index contributed by atoms with van der Waals surface area (Å²) >= 11 is 0. The van der Waals surface area contributed by atoms with Gasteiger partial charge in [0.15, 0.2) is 6.10 Å². The zero-order chi connectivity index (χ0) is 15.0. The third-order valence-corrected chi connectivity index (χ3v) is 4.02. The number of nitrogens with two attached hydrogens (primary N) is 1. The van der Waals surface area contributed by atoms with Crippen molar-refractivity contribution in [1.29, 1.82) is 0 Å². The van der Waals surface area contributed by atoms with Crippen LogP contribution in [-0.4, -0.2) is 24.0 Å². The van der Waals surface area contributed by atoms with Gasteiger partial charge in [0.05, 0.1) is 5.69 Å². The van der Waals surface area contributed by atoms with Gasteiger partial charge in [-0.05, 0) is 44.4 Å². The fourth-order valence-corrected chi connectivity index (χ4v) is 2.79. The Kier molecular flexibility index (Phi) is 4.93. The number of benzene rings is 1. The quantitative estimate of drug-likeness (QED) is 0.774. The second-order valence-electron chi connectivity index (χ2n) is 5.72. The highest BCUT2D eigenvalue weighted by molar-refractivity contribution is 5.99. The Hall–Kier alpha value is -1.79. The van der Waals surface area contributed by atoms with Gasteiger partial charge >= 0.3 is 0 Å². The first kappa shape index (κ1) is 16.6. The van der Waals surface area contributed by atoms with E-state index in [9.17, 15) is 9.59 Å². The van der Waals surface area contributed by atoms with Crippen LogP contribution in [0.25, 0.3) is 0 Å². The lowest BCUT2D eigenvalue weighted by atomic mass is 10.1. The molecule has 6 nitrogen and oxygen atoms in total. The summed E-state index contributed by atoms with van der Waals surface area (Å²) in [5.74, 6) is 0.386. The third-order valence-electron chi connectivity index (χ3n) is 4.02. The summed E-state index contributed by atoms with van der Waals surface area (Å²) < 4.78 is 5.48. The Labute approximate surface area is 135 Å². The van der Waals surface area contributed by atoms with Crippen molar-refractivity contribution in [3.05, 3.63) is 18.2 Å². The van der Waals surface area contributed by atoms with Crippen LogP contribution in [0.3, 0.4) is 0 Å². The fraction of sp³-hybridized carbons (Fsp3) is 0.467. The predicted molar refractivity (Wildman–Crippen MR) is 86.4 cm³/mol. The van der Waals surface area contributed by atoms with Crippen molar-refractivity contribution in [1.82, 2.24) is 0 Å². The number of amides is 2. The molecular weight excluding hydrogens is 306 g/mol. The number of hydrogen-bond donors (Lipinski definition) is 3. The maximum Gasteiger partial charge on any atom is 0.265 e. The van der Waals surface area contributed by atoms with Crippen molar-refractivity contribution in [2.45, 2.75) is 38.3 Å². The van der Waals surface area contributed by atoms with E-state index in [-0.39, 0.29) is 36.2 Å². The molecule has 2 amide bonds. The van der Waals surface area contributed by atoms with Gasteiger partial charge in [0.1, 0.15) is 5.75 Å². The van der Waals surface area contributed by atoms with Gasteiger partial charge in [-0.1, -0.05) is 0 Å². The molecule has 1 aromatic carbocycles. The normalized spacial score (nSPS) is 26.3. The summed E-state index contributed by atoms with van der Waals surface area (Å²) in [7, 11) is 0. The van der Waals surface area contributed by atoms with Gasteiger partial charge in [-0.25, -0.2) is 0 Å². The molecule has 1 saturated carbocycles. The smallest absolute Gasteiger partial charge is 0.265 e. The monoisotopic (exact) mass is 325 g/mol. The summed E-state index contributed by atoms with van der Waals surface area (Å²) in [6, 6.07) is 5.36. The number of anilines is 2. The first-order chi connectivity index (χ1) is 10.0. The molecule has 1 aliphatic heterocycles. The molecule has 0 aromatic heterocycles. The van der Waals surface area contributed by atoms with Crippen LogP contribution < -0.4 is 21.1 Å². The van der Waals surface area contributed by atoms with Crippen LogP contribution in [0.5, 0.6) is 5.75 Å². The SMILES string of the molecule is CC1Oc2ccc(NC(=O)C3CCC(N)C3)cc2NC1=O.Cl. The Bertz CT molecular complexity index is 593. The number of fused-ring (bicyclic) bond motifs is 1. The fourth-order valence-electron chi connectivity index (χ4n) is 2.79. The van der Waals surface area contributed by atoms with E-state index < -0.39 is 6.10 Å². The van der Waals surface area contributed by atoms with Crippen molar-refractivity contribution in [3.63, 3.8) is 0 Å². The molecule has 22 heavy (non-hydrogen) atoms. The second-order valence-corrected chi connectivity index (χ2v) is 5.72. The number of rotatable bonds is 2. The first-order valence-corrected chi connectivity index (χ1v) is 7.21. The van der Waals surface area contributed by atoms with Crippen molar-refractivity contribution >= 4 is 35.6 Å². The van der Waals surface area contributed by atoms with Crippen molar-refractivity contribution in [2.75, 3.05) is 10.6 Å². The van der Waals surface area contributed by atoms with Crippen LogP contribution in [0, 0.1) is 5.92 Å². The molecule has 3 atom stereocenters. The lowest BCUT2D eigenvalue weighted by Crippen LogP contribution is -2.34. The van der Waals surface area contributed by atoms with E-state index in [0.717, 1.165) is 19.3 Å². The highest BCUT2D eigenvalue weighted by Gasteiger charge is 2.28. The number of nitrogens with one attached hydrogen (secondary N) is 2. The average Bonchev–Trinajstić information content (AvgIpc) is 2.87. The maximum absolute atomic E-state index is 12.2. The maximum atomic E-state index is 12.2. The van der Waals surface area contributed by atoms with Gasteiger partial charge in [0.2, 0.25) is 5.91 Å². The van der Waals surface area contributed by atoms with Crippen LogP contribution in [-0.2, 0) is 9.59 Å². The Morgan fingerprint density at radius 2 is 2.18 bits per heavy atom. The average molecular weight is 326 g/mol. The molecule has 0 spiro atoms. The van der Waals surface area contributed by atoms with E-state index in [0.29, 0.717) is 17.1 Å². The number of ether oxygens (including phenoxy) is 1. The van der Waals surface area contributed by atoms with Crippen molar-refractivity contribution < 1.29 is 14.3 Å². The second kappa shape index (κ2) is 6.54. The van der Waals surface area contributed by atoms with E-state index in [1.165, 1.54) is 0 Å². The van der Waals surface area contributed by atoms with E-state index in [1.54, 1.807) is 25.1 Å². The van der Waals surface area contributed by atoms with Crippen LogP contribution in [0.4, 0.5) is 11.4 Å². The van der Waals surface area contributed by atoms with Crippen LogP contribution in [0.1, 0.15) is 26.2 Å². The topological polar surface area (TPSA) is 93.4 Å². The Morgan fingerprint density at radius 3 is 2.86 bits per heavy atom. The molecule has 0 saturated heterocycles. The molecule has 3 unspecified atom stereocenters. The zero-order valence-electron chi connectivity index (χ0n) is 12.3. The van der Waals surface area contributed by atoms with Crippen LogP contribution in [0.2, 0.25) is 0 Å². The van der Waals surface area contributed by atoms with Gasteiger partial charge in [0, 0.05) is 17.6 Å². The molecule has 1 fully saturated rings. The highest BCUT2D eigenvalue weighted by atomic mass is 35.5.